The number of methoxy groups -OCH3 is 1. The molecule has 0 amide bonds. The molecule has 8 nitrogen and oxygen atoms in total. The van der Waals surface area contributed by atoms with Gasteiger partial charge in [0, 0.05) is 18.8 Å². The van der Waals surface area contributed by atoms with E-state index in [9.17, 15) is 9.65 Å². The monoisotopic (exact) mass is 403 g/mol. The number of halogens is 1. The van der Waals surface area contributed by atoms with Crippen LogP contribution in [0, 0.1) is 24.1 Å². The Labute approximate surface area is 172 Å². The quantitative estimate of drug-likeness (QED) is 0.546. The van der Waals surface area contributed by atoms with Gasteiger partial charge in [-0.2, -0.15) is 10.2 Å². The van der Waals surface area contributed by atoms with E-state index in [-0.39, 0.29) is 5.56 Å². The van der Waals surface area contributed by atoms with E-state index in [4.69, 9.17) is 4.74 Å². The number of aryl methyl sites for hydroxylation is 2. The Hall–Kier alpha value is -4.19. The fourth-order valence-electron chi connectivity index (χ4n) is 3.04. The number of imidazole rings is 1. The molecule has 0 fully saturated rings. The average molecular weight is 403 g/mol. The molecular weight excluding hydrogens is 385 g/mol. The molecule has 2 aromatic carbocycles. The first kappa shape index (κ1) is 19.1. The summed E-state index contributed by atoms with van der Waals surface area (Å²) in [5, 5.41) is 16.7. The number of nitriles is 1. The van der Waals surface area contributed by atoms with Gasteiger partial charge in [0.2, 0.25) is 5.95 Å². The van der Waals surface area contributed by atoms with Crippen molar-refractivity contribution in [2.24, 2.45) is 7.05 Å². The van der Waals surface area contributed by atoms with Crippen molar-refractivity contribution in [1.29, 1.82) is 5.26 Å². The molecule has 150 valence electrons. The standard InChI is InChI=1S/C21H18FN7O/c1-13-11-29(12-24-13)18-7-4-14(9-19(18)30-3)20-26-21(28(2)27-20)25-17-6-5-16(22)8-15(17)10-23/h4-9,11-12H,1-3H3,(H,25,26,27). The van der Waals surface area contributed by atoms with Gasteiger partial charge in [0.15, 0.2) is 5.82 Å². The lowest BCUT2D eigenvalue weighted by molar-refractivity contribution is 0.413. The Morgan fingerprint density at radius 2 is 2.03 bits per heavy atom. The molecule has 1 N–H and O–H groups in total. The minimum absolute atomic E-state index is 0.182. The molecular formula is C21H18FN7O. The Bertz CT molecular complexity index is 1270. The highest BCUT2D eigenvalue weighted by atomic mass is 19.1. The summed E-state index contributed by atoms with van der Waals surface area (Å²) in [5.74, 6) is 1.07. The fourth-order valence-corrected chi connectivity index (χ4v) is 3.04. The normalized spacial score (nSPS) is 10.6. The van der Waals surface area contributed by atoms with Crippen molar-refractivity contribution in [3.8, 4) is 28.9 Å². The molecule has 4 rings (SSSR count). The molecule has 0 bridgehead atoms. The van der Waals surface area contributed by atoms with Crippen molar-refractivity contribution in [3.05, 3.63) is 66.0 Å². The van der Waals surface area contributed by atoms with Crippen LogP contribution in [0.5, 0.6) is 5.75 Å². The van der Waals surface area contributed by atoms with Crippen LogP contribution in [0.2, 0.25) is 0 Å². The van der Waals surface area contributed by atoms with E-state index in [1.165, 1.54) is 18.2 Å². The van der Waals surface area contributed by atoms with Crippen LogP contribution >= 0.6 is 0 Å². The molecule has 2 aromatic heterocycles. The maximum Gasteiger partial charge on any atom is 0.225 e. The van der Waals surface area contributed by atoms with Crippen LogP contribution in [-0.2, 0) is 7.05 Å². The van der Waals surface area contributed by atoms with Crippen LogP contribution in [-0.4, -0.2) is 31.4 Å². The van der Waals surface area contributed by atoms with E-state index < -0.39 is 5.82 Å². The Morgan fingerprint density at radius 1 is 1.20 bits per heavy atom. The van der Waals surface area contributed by atoms with Crippen LogP contribution in [0.15, 0.2) is 48.9 Å². The zero-order valence-electron chi connectivity index (χ0n) is 16.6. The first-order chi connectivity index (χ1) is 14.5. The van der Waals surface area contributed by atoms with Crippen LogP contribution in [0.4, 0.5) is 16.0 Å². The van der Waals surface area contributed by atoms with Gasteiger partial charge in [0.05, 0.1) is 36.1 Å². The molecule has 0 aliphatic carbocycles. The number of anilines is 2. The number of nitrogens with one attached hydrogen (secondary N) is 1. The number of aromatic nitrogens is 5. The van der Waals surface area contributed by atoms with Gasteiger partial charge in [-0.1, -0.05) is 0 Å². The second-order valence-corrected chi connectivity index (χ2v) is 6.62. The summed E-state index contributed by atoms with van der Waals surface area (Å²) >= 11 is 0. The maximum absolute atomic E-state index is 13.4. The van der Waals surface area contributed by atoms with Crippen molar-refractivity contribution in [3.63, 3.8) is 0 Å². The summed E-state index contributed by atoms with van der Waals surface area (Å²) in [6.45, 7) is 1.92. The van der Waals surface area contributed by atoms with Crippen molar-refractivity contribution >= 4 is 11.6 Å². The summed E-state index contributed by atoms with van der Waals surface area (Å²) in [7, 11) is 3.33. The molecule has 30 heavy (non-hydrogen) atoms. The van der Waals surface area contributed by atoms with Crippen LogP contribution in [0.3, 0.4) is 0 Å². The van der Waals surface area contributed by atoms with Gasteiger partial charge in [-0.3, -0.25) is 0 Å². The van der Waals surface area contributed by atoms with E-state index >= 15 is 0 Å². The lowest BCUT2D eigenvalue weighted by Crippen LogP contribution is -2.02. The Morgan fingerprint density at radius 3 is 2.73 bits per heavy atom. The minimum Gasteiger partial charge on any atom is -0.495 e. The summed E-state index contributed by atoms with van der Waals surface area (Å²) in [6, 6.07) is 11.6. The number of rotatable bonds is 5. The minimum atomic E-state index is -0.476. The predicted octanol–water partition coefficient (Wildman–Crippen LogP) is 3.74. The molecule has 0 saturated carbocycles. The second-order valence-electron chi connectivity index (χ2n) is 6.62. The van der Waals surface area contributed by atoms with Gasteiger partial charge >= 0.3 is 0 Å². The van der Waals surface area contributed by atoms with Gasteiger partial charge in [-0.15, -0.1) is 5.10 Å². The van der Waals surface area contributed by atoms with E-state index in [1.54, 1.807) is 25.2 Å². The topological polar surface area (TPSA) is 93.6 Å². The van der Waals surface area contributed by atoms with Gasteiger partial charge in [0.1, 0.15) is 17.6 Å². The predicted molar refractivity (Wildman–Crippen MR) is 109 cm³/mol. The largest absolute Gasteiger partial charge is 0.495 e. The Balaban J connectivity index is 1.67. The second kappa shape index (κ2) is 7.67. The number of benzene rings is 2. The lowest BCUT2D eigenvalue weighted by atomic mass is 10.1. The van der Waals surface area contributed by atoms with Crippen LogP contribution < -0.4 is 10.1 Å². The number of ether oxygens (including phenoxy) is 1. The first-order valence-corrected chi connectivity index (χ1v) is 9.05. The maximum atomic E-state index is 13.4. The zero-order chi connectivity index (χ0) is 21.3. The van der Waals surface area contributed by atoms with Gasteiger partial charge < -0.3 is 14.6 Å². The molecule has 0 radical (unpaired) electrons. The summed E-state index contributed by atoms with van der Waals surface area (Å²) in [5.41, 5.74) is 3.14. The van der Waals surface area contributed by atoms with E-state index in [0.717, 1.165) is 16.9 Å². The smallest absolute Gasteiger partial charge is 0.225 e. The molecule has 0 aliphatic heterocycles. The fraction of sp³-hybridized carbons (Fsp3) is 0.143. The highest BCUT2D eigenvalue weighted by Gasteiger charge is 2.14. The van der Waals surface area contributed by atoms with Crippen LogP contribution in [0.25, 0.3) is 17.1 Å². The van der Waals surface area contributed by atoms with Crippen molar-refractivity contribution < 1.29 is 9.13 Å². The molecule has 9 heteroatoms. The number of hydrogen-bond donors (Lipinski definition) is 1. The molecule has 4 aromatic rings. The SMILES string of the molecule is COc1cc(-c2nc(Nc3ccc(F)cc3C#N)n(C)n2)ccc1-n1cnc(C)c1. The van der Waals surface area contributed by atoms with E-state index in [1.807, 2.05) is 42.0 Å². The van der Waals surface area contributed by atoms with Gasteiger partial charge in [-0.25, -0.2) is 14.1 Å². The molecule has 0 atom stereocenters. The van der Waals surface area contributed by atoms with E-state index in [2.05, 4.69) is 20.4 Å². The molecule has 0 unspecified atom stereocenters. The lowest BCUT2D eigenvalue weighted by Gasteiger charge is -2.10. The molecule has 0 aliphatic rings. The van der Waals surface area contributed by atoms with Crippen molar-refractivity contribution in [2.45, 2.75) is 6.92 Å². The zero-order valence-corrected chi connectivity index (χ0v) is 16.6. The molecule has 0 spiro atoms. The number of hydrogen-bond acceptors (Lipinski definition) is 6. The Kier molecular flexibility index (Phi) is 4.90. The molecule has 2 heterocycles. The highest BCUT2D eigenvalue weighted by Crippen LogP contribution is 2.29. The summed E-state index contributed by atoms with van der Waals surface area (Å²) in [6.07, 6.45) is 3.64. The van der Waals surface area contributed by atoms with Crippen molar-refractivity contribution in [1.82, 2.24) is 24.3 Å². The third-order valence-corrected chi connectivity index (χ3v) is 4.54. The van der Waals surface area contributed by atoms with Crippen molar-refractivity contribution in [2.75, 3.05) is 12.4 Å². The third kappa shape index (κ3) is 3.58. The van der Waals surface area contributed by atoms with Gasteiger partial charge in [-0.05, 0) is 43.3 Å². The van der Waals surface area contributed by atoms with Gasteiger partial charge in [0.25, 0.3) is 0 Å². The summed E-state index contributed by atoms with van der Waals surface area (Å²) < 4.78 is 22.4. The highest BCUT2D eigenvalue weighted by molar-refractivity contribution is 5.67. The first-order valence-electron chi connectivity index (χ1n) is 9.05. The third-order valence-electron chi connectivity index (χ3n) is 4.54. The van der Waals surface area contributed by atoms with E-state index in [0.29, 0.717) is 23.2 Å². The number of nitrogens with zero attached hydrogens (tertiary/aromatic N) is 6. The average Bonchev–Trinajstić information content (AvgIpc) is 3.34. The van der Waals surface area contributed by atoms with Crippen LogP contribution in [0.1, 0.15) is 11.3 Å². The summed E-state index contributed by atoms with van der Waals surface area (Å²) in [4.78, 5) is 8.77. The molecule has 0 saturated heterocycles.